The third kappa shape index (κ3) is 4.54. The SMILES string of the molecule is Cc1ccc(Nc2ccc(C(=O)N3CCN(c4cccc(C)c4)CC3)nn2)cc1. The molecule has 29 heavy (non-hydrogen) atoms. The summed E-state index contributed by atoms with van der Waals surface area (Å²) < 4.78 is 0. The molecule has 0 spiro atoms. The van der Waals surface area contributed by atoms with Crippen LogP contribution in [-0.4, -0.2) is 47.2 Å². The lowest BCUT2D eigenvalue weighted by atomic mass is 10.2. The highest BCUT2D eigenvalue weighted by Gasteiger charge is 2.23. The van der Waals surface area contributed by atoms with Crippen LogP contribution in [0.1, 0.15) is 21.6 Å². The Balaban J connectivity index is 1.35. The number of nitrogens with zero attached hydrogens (tertiary/aromatic N) is 4. The highest BCUT2D eigenvalue weighted by molar-refractivity contribution is 5.92. The molecule has 0 aliphatic carbocycles. The smallest absolute Gasteiger partial charge is 0.274 e. The van der Waals surface area contributed by atoms with Gasteiger partial charge in [-0.05, 0) is 55.8 Å². The molecule has 2 heterocycles. The van der Waals surface area contributed by atoms with E-state index in [-0.39, 0.29) is 5.91 Å². The van der Waals surface area contributed by atoms with Crippen LogP contribution in [0.5, 0.6) is 0 Å². The molecule has 1 saturated heterocycles. The number of aromatic nitrogens is 2. The van der Waals surface area contributed by atoms with E-state index in [1.165, 1.54) is 16.8 Å². The van der Waals surface area contributed by atoms with E-state index in [1.807, 2.05) is 36.1 Å². The van der Waals surface area contributed by atoms with Crippen LogP contribution in [0.15, 0.2) is 60.7 Å². The van der Waals surface area contributed by atoms with E-state index in [4.69, 9.17) is 0 Å². The van der Waals surface area contributed by atoms with Crippen molar-refractivity contribution in [3.8, 4) is 0 Å². The van der Waals surface area contributed by atoms with E-state index in [1.54, 1.807) is 12.1 Å². The molecule has 1 fully saturated rings. The lowest BCUT2D eigenvalue weighted by Crippen LogP contribution is -2.49. The van der Waals surface area contributed by atoms with Gasteiger partial charge in [0.1, 0.15) is 0 Å². The number of nitrogens with one attached hydrogen (secondary N) is 1. The van der Waals surface area contributed by atoms with Crippen molar-refractivity contribution < 1.29 is 4.79 Å². The van der Waals surface area contributed by atoms with Gasteiger partial charge < -0.3 is 15.1 Å². The molecular formula is C23H25N5O. The van der Waals surface area contributed by atoms with Crippen molar-refractivity contribution in [1.29, 1.82) is 0 Å². The van der Waals surface area contributed by atoms with Crippen molar-refractivity contribution in [2.24, 2.45) is 0 Å². The maximum absolute atomic E-state index is 12.8. The van der Waals surface area contributed by atoms with Crippen molar-refractivity contribution in [3.63, 3.8) is 0 Å². The van der Waals surface area contributed by atoms with Gasteiger partial charge in [-0.1, -0.05) is 29.8 Å². The summed E-state index contributed by atoms with van der Waals surface area (Å²) in [5.41, 5.74) is 4.98. The number of carbonyl (C=O) groups is 1. The molecule has 0 bridgehead atoms. The Morgan fingerprint density at radius 2 is 1.62 bits per heavy atom. The predicted molar refractivity (Wildman–Crippen MR) is 116 cm³/mol. The summed E-state index contributed by atoms with van der Waals surface area (Å²) in [7, 11) is 0. The summed E-state index contributed by atoms with van der Waals surface area (Å²) >= 11 is 0. The molecule has 0 radical (unpaired) electrons. The Morgan fingerprint density at radius 3 is 2.28 bits per heavy atom. The van der Waals surface area contributed by atoms with Crippen LogP contribution in [0.2, 0.25) is 0 Å². The number of rotatable bonds is 4. The molecule has 6 heteroatoms. The Hall–Kier alpha value is -3.41. The van der Waals surface area contributed by atoms with E-state index in [0.29, 0.717) is 24.6 Å². The molecule has 2 aromatic carbocycles. The first-order valence-corrected chi connectivity index (χ1v) is 9.87. The zero-order chi connectivity index (χ0) is 20.2. The Bertz CT molecular complexity index is 977. The zero-order valence-electron chi connectivity index (χ0n) is 16.8. The number of benzene rings is 2. The molecule has 1 N–H and O–H groups in total. The zero-order valence-corrected chi connectivity index (χ0v) is 16.8. The molecule has 0 atom stereocenters. The fraction of sp³-hybridized carbons (Fsp3) is 0.261. The minimum atomic E-state index is -0.0664. The van der Waals surface area contributed by atoms with Crippen molar-refractivity contribution in [2.45, 2.75) is 13.8 Å². The van der Waals surface area contributed by atoms with Crippen LogP contribution in [0.3, 0.4) is 0 Å². The summed E-state index contributed by atoms with van der Waals surface area (Å²) in [5, 5.41) is 11.5. The standard InChI is InChI=1S/C23H25N5O/c1-17-6-8-19(9-7-17)24-22-11-10-21(25-26-22)23(29)28-14-12-27(13-15-28)20-5-3-4-18(2)16-20/h3-11,16H,12-15H2,1-2H3,(H,24,26). The van der Waals surface area contributed by atoms with Gasteiger partial charge in [0.05, 0.1) is 0 Å². The average molecular weight is 387 g/mol. The molecule has 1 aliphatic rings. The van der Waals surface area contributed by atoms with Crippen LogP contribution in [0, 0.1) is 13.8 Å². The van der Waals surface area contributed by atoms with Crippen LogP contribution in [-0.2, 0) is 0 Å². The van der Waals surface area contributed by atoms with E-state index < -0.39 is 0 Å². The third-order valence-corrected chi connectivity index (χ3v) is 5.14. The topological polar surface area (TPSA) is 61.4 Å². The number of amides is 1. The molecule has 1 amide bonds. The maximum Gasteiger partial charge on any atom is 0.274 e. The molecule has 0 unspecified atom stereocenters. The lowest BCUT2D eigenvalue weighted by Gasteiger charge is -2.36. The molecular weight excluding hydrogens is 362 g/mol. The molecule has 148 valence electrons. The first-order chi connectivity index (χ1) is 14.1. The van der Waals surface area contributed by atoms with Gasteiger partial charge in [0.25, 0.3) is 5.91 Å². The van der Waals surface area contributed by atoms with Crippen LogP contribution in [0.25, 0.3) is 0 Å². The summed E-state index contributed by atoms with van der Waals surface area (Å²) in [5.74, 6) is 0.554. The maximum atomic E-state index is 12.8. The Labute approximate surface area is 171 Å². The number of carbonyl (C=O) groups excluding carboxylic acids is 1. The molecule has 4 rings (SSSR count). The van der Waals surface area contributed by atoms with Gasteiger partial charge >= 0.3 is 0 Å². The van der Waals surface area contributed by atoms with Gasteiger partial charge in [0, 0.05) is 37.6 Å². The van der Waals surface area contributed by atoms with Gasteiger partial charge in [-0.3, -0.25) is 4.79 Å². The van der Waals surface area contributed by atoms with Crippen LogP contribution >= 0.6 is 0 Å². The van der Waals surface area contributed by atoms with Crippen molar-refractivity contribution in [3.05, 3.63) is 77.5 Å². The molecule has 6 nitrogen and oxygen atoms in total. The predicted octanol–water partition coefficient (Wildman–Crippen LogP) is 3.80. The van der Waals surface area contributed by atoms with Crippen molar-refractivity contribution in [2.75, 3.05) is 36.4 Å². The molecule has 3 aromatic rings. The molecule has 1 aliphatic heterocycles. The van der Waals surface area contributed by atoms with E-state index in [2.05, 4.69) is 51.6 Å². The fourth-order valence-corrected chi connectivity index (χ4v) is 3.45. The second kappa shape index (κ2) is 8.31. The number of anilines is 3. The minimum Gasteiger partial charge on any atom is -0.368 e. The molecule has 1 aromatic heterocycles. The monoisotopic (exact) mass is 387 g/mol. The van der Waals surface area contributed by atoms with E-state index in [9.17, 15) is 4.79 Å². The largest absolute Gasteiger partial charge is 0.368 e. The second-order valence-corrected chi connectivity index (χ2v) is 7.41. The normalized spacial score (nSPS) is 14.0. The van der Waals surface area contributed by atoms with Crippen molar-refractivity contribution >= 4 is 23.1 Å². The Morgan fingerprint density at radius 1 is 0.862 bits per heavy atom. The summed E-state index contributed by atoms with van der Waals surface area (Å²) in [6.45, 7) is 7.13. The quantitative estimate of drug-likeness (QED) is 0.738. The lowest BCUT2D eigenvalue weighted by molar-refractivity contribution is 0.0739. The van der Waals surface area contributed by atoms with E-state index >= 15 is 0 Å². The summed E-state index contributed by atoms with van der Waals surface area (Å²) in [6, 6.07) is 20.0. The summed E-state index contributed by atoms with van der Waals surface area (Å²) in [6.07, 6.45) is 0. The highest BCUT2D eigenvalue weighted by Crippen LogP contribution is 2.19. The van der Waals surface area contributed by atoms with Crippen LogP contribution < -0.4 is 10.2 Å². The number of aryl methyl sites for hydroxylation is 2. The third-order valence-electron chi connectivity index (χ3n) is 5.14. The Kier molecular flexibility index (Phi) is 5.42. The van der Waals surface area contributed by atoms with E-state index in [0.717, 1.165) is 18.8 Å². The van der Waals surface area contributed by atoms with Gasteiger partial charge in [-0.2, -0.15) is 0 Å². The minimum absolute atomic E-state index is 0.0664. The van der Waals surface area contributed by atoms with Gasteiger partial charge in [0.2, 0.25) is 0 Å². The molecule has 0 saturated carbocycles. The second-order valence-electron chi connectivity index (χ2n) is 7.41. The van der Waals surface area contributed by atoms with Gasteiger partial charge in [-0.15, -0.1) is 10.2 Å². The number of hydrogen-bond acceptors (Lipinski definition) is 5. The van der Waals surface area contributed by atoms with Crippen LogP contribution in [0.4, 0.5) is 17.2 Å². The first-order valence-electron chi connectivity index (χ1n) is 9.87. The highest BCUT2D eigenvalue weighted by atomic mass is 16.2. The summed E-state index contributed by atoms with van der Waals surface area (Å²) in [4.78, 5) is 17.0. The van der Waals surface area contributed by atoms with Gasteiger partial charge in [-0.25, -0.2) is 0 Å². The number of hydrogen-bond donors (Lipinski definition) is 1. The van der Waals surface area contributed by atoms with Gasteiger partial charge in [0.15, 0.2) is 11.5 Å². The van der Waals surface area contributed by atoms with Crippen molar-refractivity contribution in [1.82, 2.24) is 15.1 Å². The first kappa shape index (κ1) is 18.9. The number of piperazine rings is 1. The fourth-order valence-electron chi connectivity index (χ4n) is 3.45. The average Bonchev–Trinajstić information content (AvgIpc) is 2.75.